The summed E-state index contributed by atoms with van der Waals surface area (Å²) in [5.41, 5.74) is 4.56. The molecule has 22 heteroatoms. The van der Waals surface area contributed by atoms with Crippen LogP contribution in [-0.2, 0) is 46.3 Å². The third kappa shape index (κ3) is 29.5. The molecular weight excluding hydrogens is 977 g/mol. The van der Waals surface area contributed by atoms with Crippen molar-refractivity contribution in [3.8, 4) is 0 Å². The van der Waals surface area contributed by atoms with Gasteiger partial charge in [0.05, 0.1) is 25.4 Å². The van der Waals surface area contributed by atoms with Crippen LogP contribution in [-0.4, -0.2) is 108 Å². The fraction of sp³-hybridized carbons (Fsp3) is 0.600. The van der Waals surface area contributed by atoms with Crippen molar-refractivity contribution in [2.45, 2.75) is 172 Å². The van der Waals surface area contributed by atoms with E-state index in [2.05, 4.69) is 83.9 Å². The first kappa shape index (κ1) is 64.0. The third-order valence-electron chi connectivity index (χ3n) is 10.7. The first-order chi connectivity index (χ1) is 34.5. The Morgan fingerprint density at radius 2 is 1.26 bits per heavy atom. The van der Waals surface area contributed by atoms with Crippen LogP contribution in [0.1, 0.15) is 136 Å². The second-order valence-corrected chi connectivity index (χ2v) is 19.9. The predicted octanol–water partition coefficient (Wildman–Crippen LogP) is 7.83. The normalized spacial score (nSPS) is 20.7. The number of aliphatic hydroxyl groups is 4. The van der Waals surface area contributed by atoms with Crippen molar-refractivity contribution >= 4 is 33.4 Å². The summed E-state index contributed by atoms with van der Waals surface area (Å²) in [4.78, 5) is 61.9. The van der Waals surface area contributed by atoms with E-state index in [-0.39, 0.29) is 37.9 Å². The van der Waals surface area contributed by atoms with Crippen LogP contribution in [0.25, 0.3) is 0 Å². The molecule has 1 saturated heterocycles. The maximum atomic E-state index is 12.9. The Kier molecular flexibility index (Phi) is 33.4. The lowest BCUT2D eigenvalue weighted by atomic mass is 10.0. The lowest BCUT2D eigenvalue weighted by molar-refractivity contribution is -0.161. The van der Waals surface area contributed by atoms with Crippen LogP contribution < -0.4 is 11.4 Å². The minimum Gasteiger partial charge on any atom is -0.462 e. The van der Waals surface area contributed by atoms with Crippen molar-refractivity contribution in [3.05, 3.63) is 108 Å². The Morgan fingerprint density at radius 1 is 0.722 bits per heavy atom. The minimum atomic E-state index is -5.50. The van der Waals surface area contributed by atoms with Crippen LogP contribution in [0.15, 0.2) is 102 Å². The van der Waals surface area contributed by atoms with Crippen LogP contribution in [0, 0.1) is 0 Å². The van der Waals surface area contributed by atoms with Crippen molar-refractivity contribution in [3.63, 3.8) is 0 Å². The quantitative estimate of drug-likeness (QED) is 0.0143. The number of aromatic nitrogens is 2. The molecule has 2 rings (SSSR count). The largest absolute Gasteiger partial charge is 0.481 e. The zero-order valence-electron chi connectivity index (χ0n) is 41.7. The Morgan fingerprint density at radius 3 is 1.88 bits per heavy atom. The number of rotatable bonds is 39. The third-order valence-corrected chi connectivity index (χ3v) is 13.3. The molecule has 1 aromatic heterocycles. The maximum absolute atomic E-state index is 12.9. The van der Waals surface area contributed by atoms with Gasteiger partial charge >= 0.3 is 33.3 Å². The number of nitrogens with zero attached hydrogens (tertiary/aromatic N) is 2. The van der Waals surface area contributed by atoms with Crippen LogP contribution >= 0.6 is 15.6 Å². The average molecular weight is 1060 g/mol. The van der Waals surface area contributed by atoms with E-state index in [0.29, 0.717) is 12.8 Å². The number of phosphoric ester groups is 2. The van der Waals surface area contributed by atoms with E-state index >= 15 is 0 Å². The number of unbranched alkanes of at least 4 members (excludes halogenated alkanes) is 5. The number of carbonyl (C=O) groups is 2. The predicted molar refractivity (Wildman–Crippen MR) is 273 cm³/mol. The number of ether oxygens (including phenoxy) is 3. The molecule has 0 aliphatic carbocycles. The van der Waals surface area contributed by atoms with Gasteiger partial charge in [0.1, 0.15) is 30.7 Å². The molecule has 0 bridgehead atoms. The molecule has 0 spiro atoms. The smallest absolute Gasteiger partial charge is 0.462 e. The number of phosphoric acid groups is 2. The zero-order valence-corrected chi connectivity index (χ0v) is 43.5. The van der Waals surface area contributed by atoms with Gasteiger partial charge in [-0.25, -0.2) is 13.9 Å². The summed E-state index contributed by atoms with van der Waals surface area (Å²) in [5.74, 6) is -1.63. The molecule has 2 unspecified atom stereocenters. The second kappa shape index (κ2) is 37.6. The van der Waals surface area contributed by atoms with E-state index in [1.165, 1.54) is 6.07 Å². The number of nitrogen functional groups attached to an aromatic ring is 1. The number of hydrogen-bond donors (Lipinski definition) is 7. The molecule has 1 fully saturated rings. The molecule has 2 heterocycles. The Labute approximate surface area is 423 Å². The Bertz CT molecular complexity index is 2070. The summed E-state index contributed by atoms with van der Waals surface area (Å²) in [6.45, 7) is 1.60. The van der Waals surface area contributed by atoms with Crippen LogP contribution in [0.2, 0.25) is 0 Å². The molecule has 0 aromatic carbocycles. The Balaban J connectivity index is 1.88. The molecule has 0 amide bonds. The first-order valence-corrected chi connectivity index (χ1v) is 27.8. The summed E-state index contributed by atoms with van der Waals surface area (Å²) >= 11 is 0. The second-order valence-electron chi connectivity index (χ2n) is 16.9. The number of anilines is 1. The van der Waals surface area contributed by atoms with E-state index in [0.717, 1.165) is 81.4 Å². The van der Waals surface area contributed by atoms with Gasteiger partial charge in [-0.3, -0.25) is 23.2 Å². The van der Waals surface area contributed by atoms with Gasteiger partial charge in [-0.1, -0.05) is 118 Å². The highest BCUT2D eigenvalue weighted by Crippen LogP contribution is 2.60. The average Bonchev–Trinajstić information content (AvgIpc) is 3.61. The van der Waals surface area contributed by atoms with Crippen molar-refractivity contribution in [1.82, 2.24) is 9.55 Å². The van der Waals surface area contributed by atoms with Crippen LogP contribution in [0.3, 0.4) is 0 Å². The van der Waals surface area contributed by atoms with Gasteiger partial charge in [0.2, 0.25) is 0 Å². The minimum absolute atomic E-state index is 0.0354. The molecule has 20 nitrogen and oxygen atoms in total. The lowest BCUT2D eigenvalue weighted by Gasteiger charge is -2.21. The maximum Gasteiger partial charge on any atom is 0.481 e. The monoisotopic (exact) mass is 1060 g/mol. The molecular formula is C50H79N3O17P2. The first-order valence-electron chi connectivity index (χ1n) is 24.8. The number of aliphatic hydroxyl groups excluding tert-OH is 4. The zero-order chi connectivity index (χ0) is 53.0. The number of hydrogen-bond acceptors (Lipinski definition) is 17. The van der Waals surface area contributed by atoms with Gasteiger partial charge in [0.25, 0.3) is 0 Å². The van der Waals surface area contributed by atoms with E-state index < -0.39 is 95.9 Å². The number of allylic oxidation sites excluding steroid dienone is 13. The highest BCUT2D eigenvalue weighted by atomic mass is 31.3. The highest BCUT2D eigenvalue weighted by Gasteiger charge is 2.46. The van der Waals surface area contributed by atoms with E-state index in [4.69, 9.17) is 29.0 Å². The molecule has 1 aliphatic rings. The summed E-state index contributed by atoms with van der Waals surface area (Å²) in [6, 6.07) is 1.23. The van der Waals surface area contributed by atoms with Crippen LogP contribution in [0.4, 0.5) is 5.82 Å². The Hall–Kier alpha value is -4.14. The van der Waals surface area contributed by atoms with Crippen molar-refractivity contribution in [1.29, 1.82) is 0 Å². The fourth-order valence-corrected chi connectivity index (χ4v) is 8.88. The van der Waals surface area contributed by atoms with Crippen molar-refractivity contribution < 1.29 is 76.5 Å². The van der Waals surface area contributed by atoms with Gasteiger partial charge < -0.3 is 50.2 Å². The summed E-state index contributed by atoms with van der Waals surface area (Å²) in [5, 5.41) is 41.7. The SMILES string of the molecule is CC/C=C\C/C=C\C/C=C\C/C=C\C[C@H](O)[C@@H](O)CCCC(=O)OC[C@H](COP(=O)(O)OP(=O)(O)OC[C@H]1O[C@@H](n2ccc(N)nc2=O)[C@H](O)[C@@H]1O)OC(=O)CCCCCCC/C=C\C/C=C\C/C=C\CC. The molecule has 406 valence electrons. The standard InChI is InChI=1S/C50H79N3O17P2/c1-3-5-7-9-11-13-15-17-18-19-21-23-25-27-29-33-46(57)68-40(37-65-45(56)34-30-32-42(55)41(54)31-28-26-24-22-20-16-14-12-10-8-6-4-2)38-66-71(61,62)70-72(63,64)67-39-43-47(58)48(59)49(69-43)53-36-35-44(51)52-50(53)60/h5-8,11-14,17-18,20,22,26,28,35-36,40-43,47-49,54-55,58-59H,3-4,9-10,15-16,19,21,23-25,27,29-34,37-39H2,1-2H3,(H,61,62)(H,63,64)(H2,51,52,60)/b7-5-,8-6-,13-11-,14-12-,18-17-,22-20-,28-26-/t40-,41+,42+,43-,47-,48-,49-/m1/s1. The number of esters is 2. The number of carbonyl (C=O) groups excluding carboxylic acids is 2. The fourth-order valence-electron chi connectivity index (χ4n) is 6.77. The van der Waals surface area contributed by atoms with Gasteiger partial charge in [-0.15, -0.1) is 0 Å². The van der Waals surface area contributed by atoms with Gasteiger partial charge in [-0.2, -0.15) is 9.29 Å². The summed E-state index contributed by atoms with van der Waals surface area (Å²) < 4.78 is 56.5. The van der Waals surface area contributed by atoms with E-state index in [1.807, 2.05) is 18.2 Å². The molecule has 0 radical (unpaired) electrons. The molecule has 1 aliphatic heterocycles. The van der Waals surface area contributed by atoms with Crippen LogP contribution in [0.5, 0.6) is 0 Å². The molecule has 1 aromatic rings. The van der Waals surface area contributed by atoms with Gasteiger partial charge in [0, 0.05) is 19.0 Å². The van der Waals surface area contributed by atoms with Gasteiger partial charge in [0.15, 0.2) is 12.3 Å². The molecule has 72 heavy (non-hydrogen) atoms. The molecule has 9 atom stereocenters. The van der Waals surface area contributed by atoms with Gasteiger partial charge in [-0.05, 0) is 89.5 Å². The van der Waals surface area contributed by atoms with E-state index in [9.17, 15) is 53.7 Å². The van der Waals surface area contributed by atoms with E-state index in [1.54, 1.807) is 6.08 Å². The molecule has 0 saturated carbocycles. The lowest BCUT2D eigenvalue weighted by Crippen LogP contribution is -2.36. The molecule has 8 N–H and O–H groups in total. The highest BCUT2D eigenvalue weighted by molar-refractivity contribution is 7.61. The van der Waals surface area contributed by atoms with Crippen molar-refractivity contribution in [2.24, 2.45) is 0 Å². The summed E-state index contributed by atoms with van der Waals surface area (Å²) in [6.07, 6.45) is 31.2. The topological polar surface area (TPSA) is 306 Å². The summed E-state index contributed by atoms with van der Waals surface area (Å²) in [7, 11) is -11.0. The number of nitrogens with two attached hydrogens (primary N) is 1. The van der Waals surface area contributed by atoms with Crippen molar-refractivity contribution in [2.75, 3.05) is 25.6 Å².